The van der Waals surface area contributed by atoms with Crippen LogP contribution in [0.4, 0.5) is 0 Å². The van der Waals surface area contributed by atoms with E-state index in [0.29, 0.717) is 23.5 Å². The van der Waals surface area contributed by atoms with Crippen LogP contribution in [-0.2, 0) is 16.1 Å². The maximum atomic E-state index is 11.8. The summed E-state index contributed by atoms with van der Waals surface area (Å²) in [7, 11) is 0. The summed E-state index contributed by atoms with van der Waals surface area (Å²) in [6.45, 7) is 5.98. The predicted octanol–water partition coefficient (Wildman–Crippen LogP) is 2.42. The second kappa shape index (κ2) is 5.95. The fourth-order valence-corrected chi connectivity index (χ4v) is 2.28. The summed E-state index contributed by atoms with van der Waals surface area (Å²) in [5.74, 6) is -0.656. The number of carboxylic acid groups (broad SMARTS) is 1. The number of imidazole rings is 1. The minimum absolute atomic E-state index is 0.0287. The summed E-state index contributed by atoms with van der Waals surface area (Å²) < 4.78 is 6.70. The van der Waals surface area contributed by atoms with Crippen LogP contribution in [0.2, 0.25) is 0 Å². The van der Waals surface area contributed by atoms with Gasteiger partial charge in [-0.1, -0.05) is 19.9 Å². The zero-order valence-electron chi connectivity index (χ0n) is 12.3. The molecule has 1 N–H and O–H groups in total. The summed E-state index contributed by atoms with van der Waals surface area (Å²) in [6, 6.07) is 4.93. The van der Waals surface area contributed by atoms with E-state index in [0.717, 1.165) is 0 Å². The number of aromatic nitrogens is 2. The van der Waals surface area contributed by atoms with Gasteiger partial charge in [-0.25, -0.2) is 9.78 Å². The molecule has 0 aliphatic carbocycles. The van der Waals surface area contributed by atoms with Gasteiger partial charge in [0.25, 0.3) is 0 Å². The third-order valence-electron chi connectivity index (χ3n) is 3.15. The zero-order chi connectivity index (χ0) is 15.6. The summed E-state index contributed by atoms with van der Waals surface area (Å²) in [5.41, 5.74) is 1.17. The van der Waals surface area contributed by atoms with Crippen molar-refractivity contribution in [2.75, 3.05) is 6.61 Å². The van der Waals surface area contributed by atoms with E-state index < -0.39 is 5.97 Å². The van der Waals surface area contributed by atoms with Gasteiger partial charge in [-0.05, 0) is 19.1 Å². The van der Waals surface area contributed by atoms with Gasteiger partial charge in [0.2, 0.25) is 0 Å². The highest BCUT2D eigenvalue weighted by molar-refractivity contribution is 6.01. The highest BCUT2D eigenvalue weighted by atomic mass is 16.5. The highest BCUT2D eigenvalue weighted by Crippen LogP contribution is 2.24. The van der Waals surface area contributed by atoms with Crippen molar-refractivity contribution in [1.82, 2.24) is 9.55 Å². The van der Waals surface area contributed by atoms with Crippen LogP contribution in [0.1, 0.15) is 42.9 Å². The minimum atomic E-state index is -1.03. The second-order valence-electron chi connectivity index (χ2n) is 4.99. The van der Waals surface area contributed by atoms with Gasteiger partial charge in [-0.3, -0.25) is 4.79 Å². The van der Waals surface area contributed by atoms with E-state index in [1.807, 2.05) is 13.8 Å². The van der Waals surface area contributed by atoms with E-state index in [1.54, 1.807) is 23.6 Å². The molecule has 1 aromatic carbocycles. The van der Waals surface area contributed by atoms with Crippen molar-refractivity contribution >= 4 is 23.0 Å². The number of esters is 1. The molecule has 0 spiro atoms. The quantitative estimate of drug-likeness (QED) is 0.855. The second-order valence-corrected chi connectivity index (χ2v) is 4.99. The monoisotopic (exact) mass is 290 g/mol. The molecule has 21 heavy (non-hydrogen) atoms. The number of benzene rings is 1. The van der Waals surface area contributed by atoms with Crippen molar-refractivity contribution in [3.63, 3.8) is 0 Å². The van der Waals surface area contributed by atoms with Gasteiger partial charge in [0.15, 0.2) is 0 Å². The molecule has 0 atom stereocenters. The van der Waals surface area contributed by atoms with Crippen LogP contribution < -0.4 is 0 Å². The van der Waals surface area contributed by atoms with Crippen LogP contribution >= 0.6 is 0 Å². The normalized spacial score (nSPS) is 11.0. The zero-order valence-corrected chi connectivity index (χ0v) is 12.3. The lowest BCUT2D eigenvalue weighted by atomic mass is 10.2. The van der Waals surface area contributed by atoms with Crippen molar-refractivity contribution in [2.24, 2.45) is 0 Å². The van der Waals surface area contributed by atoms with E-state index in [4.69, 9.17) is 4.74 Å². The predicted molar refractivity (Wildman–Crippen MR) is 77.4 cm³/mol. The van der Waals surface area contributed by atoms with Crippen LogP contribution in [0.15, 0.2) is 18.2 Å². The molecule has 1 aromatic heterocycles. The van der Waals surface area contributed by atoms with Crippen LogP contribution in [-0.4, -0.2) is 33.2 Å². The third-order valence-corrected chi connectivity index (χ3v) is 3.15. The molecule has 0 saturated carbocycles. The van der Waals surface area contributed by atoms with Gasteiger partial charge in [-0.15, -0.1) is 0 Å². The fourth-order valence-electron chi connectivity index (χ4n) is 2.28. The molecule has 0 aliphatic heterocycles. The Kier molecular flexibility index (Phi) is 4.26. The number of aromatic carboxylic acids is 1. The molecule has 0 bridgehead atoms. The average molecular weight is 290 g/mol. The molecule has 0 radical (unpaired) electrons. The number of rotatable bonds is 5. The third kappa shape index (κ3) is 2.89. The number of carboxylic acids is 1. The molecule has 0 amide bonds. The van der Waals surface area contributed by atoms with E-state index in [2.05, 4.69) is 4.98 Å². The summed E-state index contributed by atoms with van der Waals surface area (Å²) in [6.07, 6.45) is 0. The van der Waals surface area contributed by atoms with Crippen molar-refractivity contribution in [3.05, 3.63) is 29.6 Å². The summed E-state index contributed by atoms with van der Waals surface area (Å²) in [5, 5.41) is 9.25. The van der Waals surface area contributed by atoms with Gasteiger partial charge >= 0.3 is 11.9 Å². The lowest BCUT2D eigenvalue weighted by Crippen LogP contribution is -2.16. The maximum Gasteiger partial charge on any atom is 0.337 e. The molecular weight excluding hydrogens is 272 g/mol. The number of ether oxygens (including phenoxy) is 1. The van der Waals surface area contributed by atoms with Crippen molar-refractivity contribution in [1.29, 1.82) is 0 Å². The average Bonchev–Trinajstić information content (AvgIpc) is 2.77. The Morgan fingerprint density at radius 2 is 2.10 bits per heavy atom. The summed E-state index contributed by atoms with van der Waals surface area (Å²) in [4.78, 5) is 27.5. The van der Waals surface area contributed by atoms with Crippen molar-refractivity contribution < 1.29 is 19.4 Å². The maximum absolute atomic E-state index is 11.8. The Labute approximate surface area is 122 Å². The van der Waals surface area contributed by atoms with Gasteiger partial charge in [0, 0.05) is 5.92 Å². The van der Waals surface area contributed by atoms with Crippen LogP contribution in [0.25, 0.3) is 11.0 Å². The summed E-state index contributed by atoms with van der Waals surface area (Å²) >= 11 is 0. The van der Waals surface area contributed by atoms with E-state index >= 15 is 0 Å². The molecule has 6 heteroatoms. The van der Waals surface area contributed by atoms with Gasteiger partial charge in [0.1, 0.15) is 17.9 Å². The van der Waals surface area contributed by atoms with Crippen molar-refractivity contribution in [3.8, 4) is 0 Å². The number of hydrogen-bond donors (Lipinski definition) is 1. The lowest BCUT2D eigenvalue weighted by Gasteiger charge is -2.10. The van der Waals surface area contributed by atoms with Crippen LogP contribution in [0.5, 0.6) is 0 Å². The number of carbonyl (C=O) groups is 2. The molecule has 2 aromatic rings. The first-order chi connectivity index (χ1) is 9.95. The molecular formula is C15H18N2O4. The topological polar surface area (TPSA) is 81.4 Å². The molecule has 2 rings (SSSR count). The molecule has 1 heterocycles. The molecule has 0 unspecified atom stereocenters. The number of nitrogens with zero attached hydrogens (tertiary/aromatic N) is 2. The van der Waals surface area contributed by atoms with E-state index in [1.165, 1.54) is 6.07 Å². The number of para-hydroxylation sites is 1. The highest BCUT2D eigenvalue weighted by Gasteiger charge is 2.20. The fraction of sp³-hybridized carbons (Fsp3) is 0.400. The minimum Gasteiger partial charge on any atom is -0.478 e. The first-order valence-corrected chi connectivity index (χ1v) is 6.83. The molecule has 0 saturated heterocycles. The molecule has 6 nitrogen and oxygen atoms in total. The number of fused-ring (bicyclic) bond motifs is 1. The standard InChI is InChI=1S/C15H18N2O4/c1-4-21-12(18)8-17-11-7-5-6-10(15(19)20)13(11)16-14(17)9(2)3/h5-7,9H,4,8H2,1-3H3,(H,19,20). The first kappa shape index (κ1) is 15.0. The van der Waals surface area contributed by atoms with Crippen molar-refractivity contribution in [2.45, 2.75) is 33.2 Å². The molecule has 0 aliphatic rings. The van der Waals surface area contributed by atoms with Crippen LogP contribution in [0, 0.1) is 0 Å². The van der Waals surface area contributed by atoms with Gasteiger partial charge in [-0.2, -0.15) is 0 Å². The smallest absolute Gasteiger partial charge is 0.337 e. The van der Waals surface area contributed by atoms with Gasteiger partial charge < -0.3 is 14.4 Å². The Balaban J connectivity index is 2.61. The molecule has 112 valence electrons. The first-order valence-electron chi connectivity index (χ1n) is 6.83. The van der Waals surface area contributed by atoms with Gasteiger partial charge in [0.05, 0.1) is 17.7 Å². The Hall–Kier alpha value is -2.37. The van der Waals surface area contributed by atoms with E-state index in [-0.39, 0.29) is 24.0 Å². The Morgan fingerprint density at radius 3 is 2.67 bits per heavy atom. The Morgan fingerprint density at radius 1 is 1.38 bits per heavy atom. The lowest BCUT2D eigenvalue weighted by molar-refractivity contribution is -0.143. The SMILES string of the molecule is CCOC(=O)Cn1c(C(C)C)nc2c(C(=O)O)cccc21. The van der Waals surface area contributed by atoms with E-state index in [9.17, 15) is 14.7 Å². The largest absolute Gasteiger partial charge is 0.478 e. The Bertz CT molecular complexity index is 688. The number of carbonyl (C=O) groups excluding carboxylic acids is 1. The molecule has 0 fully saturated rings. The van der Waals surface area contributed by atoms with Crippen LogP contribution in [0.3, 0.4) is 0 Å². The number of hydrogen-bond acceptors (Lipinski definition) is 4.